The number of nitrogens with one attached hydrogen (secondary N) is 1. The molecule has 0 aromatic carbocycles. The van der Waals surface area contributed by atoms with E-state index in [0.29, 0.717) is 5.16 Å². The van der Waals surface area contributed by atoms with Crippen molar-refractivity contribution in [2.75, 3.05) is 7.11 Å². The topological polar surface area (TPSA) is 55.0 Å². The number of nitrogens with zero attached hydrogens (tertiary/aromatic N) is 1. The molecule has 70 valence electrons. The fourth-order valence-corrected chi connectivity index (χ4v) is 1.86. The second-order valence-electron chi connectivity index (χ2n) is 3.02. The molecule has 1 N–H and O–H groups in total. The number of rotatable bonds is 1. The number of aromatic nitrogens is 2. The summed E-state index contributed by atoms with van der Waals surface area (Å²) in [7, 11) is 1.63. The number of thiol groups is 1. The summed E-state index contributed by atoms with van der Waals surface area (Å²) in [4.78, 5) is 18.1. The molecule has 0 radical (unpaired) electrons. The summed E-state index contributed by atoms with van der Waals surface area (Å²) in [6, 6.07) is 0. The molecule has 13 heavy (non-hydrogen) atoms. The van der Waals surface area contributed by atoms with E-state index in [0.717, 1.165) is 24.1 Å². The van der Waals surface area contributed by atoms with Gasteiger partial charge in [-0.15, -0.1) is 12.6 Å². The maximum atomic E-state index is 11.4. The first-order valence-electron chi connectivity index (χ1n) is 4.07. The van der Waals surface area contributed by atoms with Crippen LogP contribution in [0.15, 0.2) is 9.95 Å². The Labute approximate surface area is 80.8 Å². The fourth-order valence-electron chi connectivity index (χ4n) is 1.65. The molecule has 0 saturated heterocycles. The first kappa shape index (κ1) is 8.77. The maximum absolute atomic E-state index is 11.4. The van der Waals surface area contributed by atoms with E-state index in [1.165, 1.54) is 0 Å². The molecule has 0 aliphatic heterocycles. The maximum Gasteiger partial charge on any atom is 0.255 e. The van der Waals surface area contributed by atoms with Crippen molar-refractivity contribution in [1.29, 1.82) is 0 Å². The highest BCUT2D eigenvalue weighted by Crippen LogP contribution is 2.29. The highest BCUT2D eigenvalue weighted by atomic mass is 32.1. The van der Waals surface area contributed by atoms with E-state index >= 15 is 0 Å². The van der Waals surface area contributed by atoms with Gasteiger partial charge in [-0.05, 0) is 12.8 Å². The summed E-state index contributed by atoms with van der Waals surface area (Å²) in [5.41, 5.74) is 1.40. The fraction of sp³-hybridized carbons (Fsp3) is 0.500. The molecule has 1 aromatic heterocycles. The Morgan fingerprint density at radius 3 is 3.15 bits per heavy atom. The molecule has 1 aliphatic rings. The Bertz CT molecular complexity index is 388. The Hall–Kier alpha value is -0.810. The van der Waals surface area contributed by atoms with Gasteiger partial charge in [0, 0.05) is 12.7 Å². The Kier molecular flexibility index (Phi) is 2.13. The quantitative estimate of drug-likeness (QED) is 0.515. The van der Waals surface area contributed by atoms with Crippen LogP contribution in [0.2, 0.25) is 0 Å². The molecule has 1 atom stereocenters. The molecule has 0 amide bonds. The van der Waals surface area contributed by atoms with Crippen LogP contribution in [0, 0.1) is 0 Å². The van der Waals surface area contributed by atoms with E-state index in [2.05, 4.69) is 22.6 Å². The zero-order chi connectivity index (χ0) is 9.42. The molecule has 1 unspecified atom stereocenters. The van der Waals surface area contributed by atoms with Gasteiger partial charge in [0.15, 0.2) is 5.16 Å². The van der Waals surface area contributed by atoms with Crippen LogP contribution in [0.25, 0.3) is 0 Å². The first-order valence-corrected chi connectivity index (χ1v) is 4.52. The standard InChI is InChI=1S/C8H10N2O2S/c1-12-5-3-2-4-6(5)9-8(13)10-7(4)11/h5H,2-3H2,1H3,(H2,9,10,11,13). The lowest BCUT2D eigenvalue weighted by molar-refractivity contribution is 0.101. The van der Waals surface area contributed by atoms with Gasteiger partial charge in [-0.3, -0.25) is 4.79 Å². The highest BCUT2D eigenvalue weighted by molar-refractivity contribution is 7.80. The van der Waals surface area contributed by atoms with Gasteiger partial charge in [-0.1, -0.05) is 0 Å². The number of fused-ring (bicyclic) bond motifs is 1. The number of hydrogen-bond donors (Lipinski definition) is 2. The molecule has 2 rings (SSSR count). The van der Waals surface area contributed by atoms with Crippen molar-refractivity contribution in [3.05, 3.63) is 21.6 Å². The molecule has 4 nitrogen and oxygen atoms in total. The average molecular weight is 198 g/mol. The number of aromatic amines is 1. The predicted octanol–water partition coefficient (Wildman–Crippen LogP) is 0.692. The van der Waals surface area contributed by atoms with Crippen LogP contribution < -0.4 is 5.56 Å². The molecule has 0 saturated carbocycles. The van der Waals surface area contributed by atoms with Gasteiger partial charge in [0.25, 0.3) is 5.56 Å². The monoisotopic (exact) mass is 198 g/mol. The van der Waals surface area contributed by atoms with Gasteiger partial charge >= 0.3 is 0 Å². The van der Waals surface area contributed by atoms with Crippen LogP contribution in [0.3, 0.4) is 0 Å². The largest absolute Gasteiger partial charge is 0.375 e. The van der Waals surface area contributed by atoms with Crippen molar-refractivity contribution in [2.45, 2.75) is 24.1 Å². The van der Waals surface area contributed by atoms with Crippen molar-refractivity contribution in [3.8, 4) is 0 Å². The Morgan fingerprint density at radius 1 is 1.69 bits per heavy atom. The molecular weight excluding hydrogens is 188 g/mol. The zero-order valence-electron chi connectivity index (χ0n) is 7.20. The van der Waals surface area contributed by atoms with Crippen LogP contribution in [0.5, 0.6) is 0 Å². The van der Waals surface area contributed by atoms with Gasteiger partial charge in [0.05, 0.1) is 11.8 Å². The molecule has 0 fully saturated rings. The molecule has 0 bridgehead atoms. The van der Waals surface area contributed by atoms with Crippen LogP contribution in [-0.4, -0.2) is 17.1 Å². The van der Waals surface area contributed by atoms with Crippen molar-refractivity contribution in [3.63, 3.8) is 0 Å². The van der Waals surface area contributed by atoms with E-state index in [4.69, 9.17) is 4.74 Å². The summed E-state index contributed by atoms with van der Waals surface area (Å²) >= 11 is 4.01. The van der Waals surface area contributed by atoms with Gasteiger partial charge in [-0.2, -0.15) is 0 Å². The van der Waals surface area contributed by atoms with Crippen molar-refractivity contribution >= 4 is 12.6 Å². The van der Waals surface area contributed by atoms with Crippen molar-refractivity contribution in [2.24, 2.45) is 0 Å². The van der Waals surface area contributed by atoms with Crippen LogP contribution >= 0.6 is 12.6 Å². The van der Waals surface area contributed by atoms with Crippen LogP contribution in [0.1, 0.15) is 23.8 Å². The van der Waals surface area contributed by atoms with Crippen LogP contribution in [0.4, 0.5) is 0 Å². The Balaban J connectivity index is 2.58. The van der Waals surface area contributed by atoms with Gasteiger partial charge < -0.3 is 9.72 Å². The summed E-state index contributed by atoms with van der Waals surface area (Å²) in [6.07, 6.45) is 1.53. The van der Waals surface area contributed by atoms with E-state index in [1.54, 1.807) is 7.11 Å². The highest BCUT2D eigenvalue weighted by Gasteiger charge is 2.26. The lowest BCUT2D eigenvalue weighted by atomic mass is 10.2. The second kappa shape index (κ2) is 3.16. The lowest BCUT2D eigenvalue weighted by Crippen LogP contribution is -2.15. The molecule has 1 aliphatic carbocycles. The Morgan fingerprint density at radius 2 is 2.46 bits per heavy atom. The number of H-pyrrole nitrogens is 1. The molecule has 1 heterocycles. The minimum absolute atomic E-state index is 0.0387. The van der Waals surface area contributed by atoms with Crippen LogP contribution in [-0.2, 0) is 11.2 Å². The molecule has 0 spiro atoms. The minimum Gasteiger partial charge on any atom is -0.375 e. The molecular formula is C8H10N2O2S. The summed E-state index contributed by atoms with van der Waals surface area (Å²) in [6.45, 7) is 0. The third-order valence-electron chi connectivity index (χ3n) is 2.28. The van der Waals surface area contributed by atoms with E-state index in [9.17, 15) is 4.79 Å². The minimum atomic E-state index is -0.0884. The number of ether oxygens (including phenoxy) is 1. The predicted molar refractivity (Wildman–Crippen MR) is 50.2 cm³/mol. The third kappa shape index (κ3) is 1.38. The zero-order valence-corrected chi connectivity index (χ0v) is 8.10. The number of hydrogen-bond acceptors (Lipinski definition) is 4. The SMILES string of the molecule is COC1CCc2c1nc(S)[nH]c2=O. The normalized spacial score (nSPS) is 20.3. The smallest absolute Gasteiger partial charge is 0.255 e. The van der Waals surface area contributed by atoms with Crippen molar-refractivity contribution < 1.29 is 4.74 Å². The average Bonchev–Trinajstić information content (AvgIpc) is 2.47. The van der Waals surface area contributed by atoms with E-state index in [-0.39, 0.29) is 11.7 Å². The van der Waals surface area contributed by atoms with E-state index < -0.39 is 0 Å². The van der Waals surface area contributed by atoms with Gasteiger partial charge in [-0.25, -0.2) is 4.98 Å². The van der Waals surface area contributed by atoms with Gasteiger partial charge in [0.2, 0.25) is 0 Å². The molecule has 5 heteroatoms. The second-order valence-corrected chi connectivity index (χ2v) is 3.44. The third-order valence-corrected chi connectivity index (χ3v) is 2.49. The van der Waals surface area contributed by atoms with Crippen molar-refractivity contribution in [1.82, 2.24) is 9.97 Å². The summed E-state index contributed by atoms with van der Waals surface area (Å²) in [5.74, 6) is 0. The number of methoxy groups -OCH3 is 1. The summed E-state index contributed by atoms with van der Waals surface area (Å²) < 4.78 is 5.20. The molecule has 1 aromatic rings. The summed E-state index contributed by atoms with van der Waals surface area (Å²) in [5, 5.41) is 0.354. The van der Waals surface area contributed by atoms with Gasteiger partial charge in [0.1, 0.15) is 0 Å². The lowest BCUT2D eigenvalue weighted by Gasteiger charge is -2.07. The van der Waals surface area contributed by atoms with E-state index in [1.807, 2.05) is 0 Å². The first-order chi connectivity index (χ1) is 6.22.